The Hall–Kier alpha value is 0.488. The van der Waals surface area contributed by atoms with Crippen molar-refractivity contribution in [1.29, 1.82) is 0 Å². The van der Waals surface area contributed by atoms with Gasteiger partial charge in [0, 0.05) is 65.4 Å². The Morgan fingerprint density at radius 3 is 1.50 bits per heavy atom. The van der Waals surface area contributed by atoms with E-state index in [2.05, 4.69) is 42.1 Å². The van der Waals surface area contributed by atoms with Crippen LogP contribution in [0.4, 0.5) is 0 Å². The van der Waals surface area contributed by atoms with Crippen molar-refractivity contribution in [3.05, 3.63) is 12.8 Å². The molecular formula is C4N4O2Y2-2. The van der Waals surface area contributed by atoms with Crippen LogP contribution in [0.25, 0.3) is 11.6 Å². The summed E-state index contributed by atoms with van der Waals surface area (Å²) in [5.41, 5.74) is 0. The molecule has 0 aliphatic rings. The van der Waals surface area contributed by atoms with Crippen LogP contribution in [0.1, 0.15) is 0 Å². The third kappa shape index (κ3) is 2.76. The van der Waals surface area contributed by atoms with Gasteiger partial charge in [-0.3, -0.25) is 0 Å². The zero-order valence-electron chi connectivity index (χ0n) is 5.76. The monoisotopic (exact) mass is 314 g/mol. The summed E-state index contributed by atoms with van der Waals surface area (Å²) in [7, 11) is 0. The second kappa shape index (κ2) is 6.02. The molecule has 2 aromatic heterocycles. The van der Waals surface area contributed by atoms with Gasteiger partial charge < -0.3 is 19.0 Å². The fourth-order valence-electron chi connectivity index (χ4n) is 0.477. The SMILES string of the molecule is [Y].[Y].[c-]1nc(-c2n[c-]on2)no1. The number of rotatable bonds is 1. The Morgan fingerprint density at radius 1 is 0.833 bits per heavy atom. The van der Waals surface area contributed by atoms with Gasteiger partial charge in [-0.25, -0.2) is 0 Å². The molecule has 0 atom stereocenters. The molecule has 12 heavy (non-hydrogen) atoms. The smallest absolute Gasteiger partial charge is 0.0677 e. The average Bonchev–Trinajstić information content (AvgIpc) is 2.59. The van der Waals surface area contributed by atoms with Gasteiger partial charge in [0.05, 0.1) is 12.8 Å². The molecule has 0 spiro atoms. The third-order valence-corrected chi connectivity index (χ3v) is 0.849. The van der Waals surface area contributed by atoms with Gasteiger partial charge in [-0.05, 0) is 11.6 Å². The average molecular weight is 314 g/mol. The second-order valence-electron chi connectivity index (χ2n) is 1.42. The molecule has 2 rings (SSSR count). The van der Waals surface area contributed by atoms with Gasteiger partial charge in [-0.1, -0.05) is 0 Å². The molecule has 0 saturated heterocycles. The van der Waals surface area contributed by atoms with E-state index in [0.29, 0.717) is 0 Å². The normalized spacial score (nSPS) is 8.33. The summed E-state index contributed by atoms with van der Waals surface area (Å²) in [6.45, 7) is 0. The summed E-state index contributed by atoms with van der Waals surface area (Å²) in [4.78, 5) is 7.10. The zero-order chi connectivity index (χ0) is 6.81. The summed E-state index contributed by atoms with van der Waals surface area (Å²) in [6.07, 6.45) is 4.29. The maximum atomic E-state index is 4.32. The standard InChI is InChI=1S/C4N4O2.2Y/c1-5-3(7-9-1)4-6-2-10-8-4;;/q-2;;. The Balaban J connectivity index is 0.000000605. The van der Waals surface area contributed by atoms with Crippen molar-refractivity contribution in [2.24, 2.45) is 0 Å². The van der Waals surface area contributed by atoms with E-state index < -0.39 is 0 Å². The van der Waals surface area contributed by atoms with Gasteiger partial charge in [0.25, 0.3) is 0 Å². The van der Waals surface area contributed by atoms with Crippen LogP contribution in [0, 0.1) is 12.8 Å². The molecule has 0 aromatic carbocycles. The molecule has 6 nitrogen and oxygen atoms in total. The van der Waals surface area contributed by atoms with E-state index in [4.69, 9.17) is 0 Å². The first-order chi connectivity index (χ1) is 4.97. The molecule has 0 aliphatic carbocycles. The van der Waals surface area contributed by atoms with Crippen LogP contribution in [0.5, 0.6) is 0 Å². The molecule has 0 amide bonds. The van der Waals surface area contributed by atoms with Crippen LogP contribution < -0.4 is 0 Å². The molecule has 0 saturated carbocycles. The molecule has 0 aliphatic heterocycles. The van der Waals surface area contributed by atoms with E-state index >= 15 is 0 Å². The van der Waals surface area contributed by atoms with Gasteiger partial charge in [0.2, 0.25) is 0 Å². The van der Waals surface area contributed by atoms with Crippen molar-refractivity contribution in [2.75, 3.05) is 0 Å². The van der Waals surface area contributed by atoms with Gasteiger partial charge in [0.1, 0.15) is 0 Å². The molecule has 56 valence electrons. The van der Waals surface area contributed by atoms with Gasteiger partial charge in [-0.15, -0.1) is 0 Å². The molecule has 2 radical (unpaired) electrons. The number of aromatic nitrogens is 4. The maximum Gasteiger partial charge on any atom is 0.0677 e. The van der Waals surface area contributed by atoms with Crippen LogP contribution in [0.15, 0.2) is 9.05 Å². The predicted molar refractivity (Wildman–Crippen MR) is 25.3 cm³/mol. The van der Waals surface area contributed by atoms with Crippen molar-refractivity contribution in [2.45, 2.75) is 0 Å². The first-order valence-corrected chi connectivity index (χ1v) is 2.37. The Labute approximate surface area is 118 Å². The van der Waals surface area contributed by atoms with E-state index in [9.17, 15) is 0 Å². The van der Waals surface area contributed by atoms with E-state index in [-0.39, 0.29) is 77.1 Å². The minimum Gasteiger partial charge on any atom is -0.460 e. The summed E-state index contributed by atoms with van der Waals surface area (Å²) in [6, 6.07) is 0. The Morgan fingerprint density at radius 2 is 1.25 bits per heavy atom. The molecule has 2 heterocycles. The second-order valence-corrected chi connectivity index (χ2v) is 1.42. The molecule has 0 bridgehead atoms. The van der Waals surface area contributed by atoms with E-state index in [1.807, 2.05) is 0 Å². The maximum absolute atomic E-state index is 4.32. The number of hydrogen-bond acceptors (Lipinski definition) is 6. The topological polar surface area (TPSA) is 77.8 Å². The molecule has 8 heteroatoms. The minimum atomic E-state index is 0. The van der Waals surface area contributed by atoms with E-state index in [0.717, 1.165) is 0 Å². The van der Waals surface area contributed by atoms with Crippen LogP contribution in [0.2, 0.25) is 0 Å². The number of nitrogens with zero attached hydrogens (tertiary/aromatic N) is 4. The quantitative estimate of drug-likeness (QED) is 0.674. The fraction of sp³-hybridized carbons (Fsp3) is 0. The van der Waals surface area contributed by atoms with Gasteiger partial charge >= 0.3 is 0 Å². The van der Waals surface area contributed by atoms with E-state index in [1.165, 1.54) is 0 Å². The largest absolute Gasteiger partial charge is 0.460 e. The first kappa shape index (κ1) is 12.5. The Kier molecular flexibility index (Phi) is 6.26. The van der Waals surface area contributed by atoms with Crippen LogP contribution in [0.3, 0.4) is 0 Å². The van der Waals surface area contributed by atoms with Crippen LogP contribution >= 0.6 is 0 Å². The molecule has 2 aromatic rings. The van der Waals surface area contributed by atoms with Crippen molar-refractivity contribution in [3.8, 4) is 11.6 Å². The third-order valence-electron chi connectivity index (χ3n) is 0.849. The molecular weight excluding hydrogens is 314 g/mol. The zero-order valence-corrected chi connectivity index (χ0v) is 11.4. The summed E-state index contributed by atoms with van der Waals surface area (Å²) in [5.74, 6) is 0.481. The van der Waals surface area contributed by atoms with Gasteiger partial charge in [-0.2, -0.15) is 10.3 Å². The predicted octanol–water partition coefficient (Wildman–Crippen LogP) is -0.285. The molecule has 0 fully saturated rings. The fourth-order valence-corrected chi connectivity index (χ4v) is 0.477. The summed E-state index contributed by atoms with van der Waals surface area (Å²) < 4.78 is 8.63. The van der Waals surface area contributed by atoms with Gasteiger partial charge in [0.15, 0.2) is 0 Å². The van der Waals surface area contributed by atoms with Crippen molar-refractivity contribution in [1.82, 2.24) is 20.3 Å². The molecule has 0 unspecified atom stereocenters. The van der Waals surface area contributed by atoms with Crippen molar-refractivity contribution in [3.63, 3.8) is 0 Å². The first-order valence-electron chi connectivity index (χ1n) is 2.37. The van der Waals surface area contributed by atoms with Crippen molar-refractivity contribution < 1.29 is 74.5 Å². The Bertz CT molecular complexity index is 262. The summed E-state index contributed by atoms with van der Waals surface area (Å²) in [5, 5.41) is 6.82. The minimum absolute atomic E-state index is 0. The van der Waals surface area contributed by atoms with Crippen molar-refractivity contribution >= 4 is 0 Å². The summed E-state index contributed by atoms with van der Waals surface area (Å²) >= 11 is 0. The van der Waals surface area contributed by atoms with E-state index in [1.54, 1.807) is 0 Å². The number of hydrogen-bond donors (Lipinski definition) is 0. The molecule has 0 N–H and O–H groups in total. The van der Waals surface area contributed by atoms with Crippen LogP contribution in [-0.2, 0) is 65.4 Å². The van der Waals surface area contributed by atoms with Crippen LogP contribution in [-0.4, -0.2) is 20.3 Å².